The molecule has 0 bridgehead atoms. The summed E-state index contributed by atoms with van der Waals surface area (Å²) in [4.78, 5) is 10.1. The van der Waals surface area contributed by atoms with Gasteiger partial charge >= 0.3 is 0 Å². The van der Waals surface area contributed by atoms with Crippen LogP contribution >= 0.6 is 0 Å². The summed E-state index contributed by atoms with van der Waals surface area (Å²) >= 11 is 0. The Labute approximate surface area is 75.3 Å². The van der Waals surface area contributed by atoms with E-state index >= 15 is 0 Å². The van der Waals surface area contributed by atoms with E-state index in [1.807, 2.05) is 0 Å². The number of hydrogen-bond acceptors (Lipinski definition) is 2. The third kappa shape index (κ3) is 2.40. The molecule has 0 saturated heterocycles. The first kappa shape index (κ1) is 9.45. The van der Waals surface area contributed by atoms with E-state index in [9.17, 15) is 14.3 Å². The lowest BCUT2D eigenvalue weighted by molar-refractivity contribution is -0.297. The molecule has 13 heavy (non-hydrogen) atoms. The maximum atomic E-state index is 12.9. The summed E-state index contributed by atoms with van der Waals surface area (Å²) in [6, 6.07) is 4.49. The van der Waals surface area contributed by atoms with Crippen LogP contribution in [-0.2, 0) is 4.79 Å². The summed E-state index contributed by atoms with van der Waals surface area (Å²) < 4.78 is 12.9. The molecule has 0 amide bonds. The second kappa shape index (κ2) is 3.85. The third-order valence-electron chi connectivity index (χ3n) is 1.71. The molecule has 0 aliphatic rings. The molecule has 0 N–H and O–H groups in total. The van der Waals surface area contributed by atoms with Crippen LogP contribution in [-0.4, -0.2) is 5.97 Å². The number of carboxylic acid groups (broad SMARTS) is 1. The van der Waals surface area contributed by atoms with Crippen molar-refractivity contribution in [3.63, 3.8) is 0 Å². The SMILES string of the molecule is Cc1c(F)cccc1/C=C/C(=O)[O-]. The van der Waals surface area contributed by atoms with Crippen molar-refractivity contribution in [3.05, 3.63) is 41.2 Å². The molecule has 0 spiro atoms. The van der Waals surface area contributed by atoms with Gasteiger partial charge in [-0.25, -0.2) is 4.39 Å². The zero-order valence-electron chi connectivity index (χ0n) is 7.08. The fourth-order valence-electron chi connectivity index (χ4n) is 0.963. The molecule has 0 fully saturated rings. The monoisotopic (exact) mass is 179 g/mol. The molecule has 0 heterocycles. The molecule has 0 unspecified atom stereocenters. The molecule has 0 atom stereocenters. The summed E-state index contributed by atoms with van der Waals surface area (Å²) in [6.45, 7) is 1.59. The normalized spacial score (nSPS) is 10.6. The fraction of sp³-hybridized carbons (Fsp3) is 0.100. The minimum Gasteiger partial charge on any atom is -0.545 e. The van der Waals surface area contributed by atoms with Crippen LogP contribution in [0.2, 0.25) is 0 Å². The first-order valence-electron chi connectivity index (χ1n) is 3.75. The number of carboxylic acids is 1. The van der Waals surface area contributed by atoms with Gasteiger partial charge in [0.2, 0.25) is 0 Å². The Bertz CT molecular complexity index is 356. The van der Waals surface area contributed by atoms with E-state index in [4.69, 9.17) is 0 Å². The average Bonchev–Trinajstić information content (AvgIpc) is 2.07. The summed E-state index contributed by atoms with van der Waals surface area (Å²) in [5.74, 6) is -1.64. The van der Waals surface area contributed by atoms with E-state index in [0.717, 1.165) is 6.08 Å². The Morgan fingerprint density at radius 3 is 2.85 bits per heavy atom. The van der Waals surface area contributed by atoms with Gasteiger partial charge in [-0.2, -0.15) is 0 Å². The number of rotatable bonds is 2. The van der Waals surface area contributed by atoms with E-state index in [0.29, 0.717) is 11.1 Å². The lowest BCUT2D eigenvalue weighted by atomic mass is 10.1. The molecule has 0 saturated carbocycles. The van der Waals surface area contributed by atoms with Crippen molar-refractivity contribution in [3.8, 4) is 0 Å². The smallest absolute Gasteiger partial charge is 0.126 e. The fourth-order valence-corrected chi connectivity index (χ4v) is 0.963. The van der Waals surface area contributed by atoms with Crippen molar-refractivity contribution < 1.29 is 14.3 Å². The van der Waals surface area contributed by atoms with Gasteiger partial charge in [-0.05, 0) is 30.2 Å². The Morgan fingerprint density at radius 2 is 2.23 bits per heavy atom. The van der Waals surface area contributed by atoms with Gasteiger partial charge in [0, 0.05) is 0 Å². The van der Waals surface area contributed by atoms with E-state index in [2.05, 4.69) is 0 Å². The van der Waals surface area contributed by atoms with Gasteiger partial charge in [-0.1, -0.05) is 18.2 Å². The Morgan fingerprint density at radius 1 is 1.54 bits per heavy atom. The van der Waals surface area contributed by atoms with Gasteiger partial charge in [0.25, 0.3) is 0 Å². The maximum Gasteiger partial charge on any atom is 0.126 e. The number of hydrogen-bond donors (Lipinski definition) is 0. The zero-order chi connectivity index (χ0) is 9.84. The molecule has 3 heteroatoms. The Kier molecular flexibility index (Phi) is 2.80. The molecule has 2 nitrogen and oxygen atoms in total. The topological polar surface area (TPSA) is 40.1 Å². The predicted octanol–water partition coefficient (Wildman–Crippen LogP) is 0.897. The number of carbonyl (C=O) groups excluding carboxylic acids is 1. The van der Waals surface area contributed by atoms with Gasteiger partial charge in [-0.3, -0.25) is 0 Å². The van der Waals surface area contributed by atoms with Crippen molar-refractivity contribution in [1.82, 2.24) is 0 Å². The highest BCUT2D eigenvalue weighted by atomic mass is 19.1. The highest BCUT2D eigenvalue weighted by molar-refractivity contribution is 5.83. The standard InChI is InChI=1S/C10H9FO2/c1-7-8(5-6-10(12)13)3-2-4-9(7)11/h2-6H,1H3,(H,12,13)/p-1/b6-5+. The minimum absolute atomic E-state index is 0.347. The highest BCUT2D eigenvalue weighted by Gasteiger charge is 1.98. The number of benzene rings is 1. The van der Waals surface area contributed by atoms with Crippen LogP contribution in [0.25, 0.3) is 6.08 Å². The zero-order valence-corrected chi connectivity index (χ0v) is 7.08. The molecule has 0 aromatic heterocycles. The van der Waals surface area contributed by atoms with Crippen LogP contribution in [0, 0.1) is 12.7 Å². The first-order valence-corrected chi connectivity index (χ1v) is 3.75. The van der Waals surface area contributed by atoms with E-state index in [1.54, 1.807) is 13.0 Å². The first-order chi connectivity index (χ1) is 6.11. The van der Waals surface area contributed by atoms with Gasteiger partial charge in [-0.15, -0.1) is 0 Å². The summed E-state index contributed by atoms with van der Waals surface area (Å²) in [5.41, 5.74) is 0.976. The summed E-state index contributed by atoms with van der Waals surface area (Å²) in [6.07, 6.45) is 2.19. The average molecular weight is 179 g/mol. The minimum atomic E-state index is -1.29. The van der Waals surface area contributed by atoms with Crippen LogP contribution in [0.15, 0.2) is 24.3 Å². The van der Waals surface area contributed by atoms with Crippen molar-refractivity contribution in [2.75, 3.05) is 0 Å². The van der Waals surface area contributed by atoms with Crippen molar-refractivity contribution in [2.45, 2.75) is 6.92 Å². The predicted molar refractivity (Wildman–Crippen MR) is 45.2 cm³/mol. The quantitative estimate of drug-likeness (QED) is 0.633. The van der Waals surface area contributed by atoms with Crippen LogP contribution in [0.5, 0.6) is 0 Å². The van der Waals surface area contributed by atoms with Gasteiger partial charge in [0.05, 0.1) is 5.97 Å². The molecule has 1 aromatic rings. The molecule has 1 aromatic carbocycles. The van der Waals surface area contributed by atoms with Crippen molar-refractivity contribution in [1.29, 1.82) is 0 Å². The lowest BCUT2D eigenvalue weighted by Gasteiger charge is -2.00. The number of carbonyl (C=O) groups is 1. The summed E-state index contributed by atoms with van der Waals surface area (Å²) in [5, 5.41) is 10.1. The molecule has 0 radical (unpaired) electrons. The molecular formula is C10H8FO2-. The highest BCUT2D eigenvalue weighted by Crippen LogP contribution is 2.13. The van der Waals surface area contributed by atoms with Crippen molar-refractivity contribution >= 4 is 12.0 Å². The second-order valence-corrected chi connectivity index (χ2v) is 2.61. The van der Waals surface area contributed by atoms with E-state index in [1.165, 1.54) is 18.2 Å². The molecule has 0 aliphatic heterocycles. The molecule has 68 valence electrons. The van der Waals surface area contributed by atoms with Gasteiger partial charge < -0.3 is 9.90 Å². The van der Waals surface area contributed by atoms with Crippen LogP contribution in [0.3, 0.4) is 0 Å². The van der Waals surface area contributed by atoms with Crippen LogP contribution in [0.1, 0.15) is 11.1 Å². The Balaban J connectivity index is 3.02. The van der Waals surface area contributed by atoms with Crippen LogP contribution < -0.4 is 5.11 Å². The molecule has 0 aliphatic carbocycles. The third-order valence-corrected chi connectivity index (χ3v) is 1.71. The Hall–Kier alpha value is -1.64. The molecule has 1 rings (SSSR count). The lowest BCUT2D eigenvalue weighted by Crippen LogP contribution is -2.18. The van der Waals surface area contributed by atoms with Crippen LogP contribution in [0.4, 0.5) is 4.39 Å². The maximum absolute atomic E-state index is 12.9. The second-order valence-electron chi connectivity index (χ2n) is 2.61. The van der Waals surface area contributed by atoms with E-state index < -0.39 is 5.97 Å². The number of aliphatic carboxylic acids is 1. The summed E-state index contributed by atoms with van der Waals surface area (Å²) in [7, 11) is 0. The van der Waals surface area contributed by atoms with Gasteiger partial charge in [0.1, 0.15) is 5.82 Å². The van der Waals surface area contributed by atoms with E-state index in [-0.39, 0.29) is 5.82 Å². The largest absolute Gasteiger partial charge is 0.545 e. The molecular weight excluding hydrogens is 171 g/mol. The van der Waals surface area contributed by atoms with Gasteiger partial charge in [0.15, 0.2) is 0 Å². The van der Waals surface area contributed by atoms with Crippen molar-refractivity contribution in [2.24, 2.45) is 0 Å². The number of halogens is 1.